The van der Waals surface area contributed by atoms with E-state index < -0.39 is 0 Å². The minimum absolute atomic E-state index is 0.551. The first-order chi connectivity index (χ1) is 8.34. The fourth-order valence-corrected chi connectivity index (χ4v) is 1.34. The predicted octanol–water partition coefficient (Wildman–Crippen LogP) is 4.56. The quantitative estimate of drug-likeness (QED) is 0.574. The van der Waals surface area contributed by atoms with Crippen molar-refractivity contribution >= 4 is 25.2 Å². The summed E-state index contributed by atoms with van der Waals surface area (Å²) in [5, 5.41) is 0.742. The van der Waals surface area contributed by atoms with Crippen LogP contribution in [0, 0.1) is 6.07 Å². The van der Waals surface area contributed by atoms with E-state index in [9.17, 15) is 0 Å². The average molecular weight is 363 g/mol. The van der Waals surface area contributed by atoms with Crippen molar-refractivity contribution in [2.45, 2.75) is 6.61 Å². The van der Waals surface area contributed by atoms with E-state index in [0.29, 0.717) is 6.61 Å². The van der Waals surface area contributed by atoms with Gasteiger partial charge in [0, 0.05) is 10.8 Å². The molecular weight excluding hydrogens is 353 g/mol. The fourth-order valence-electron chi connectivity index (χ4n) is 1.21. The number of rotatable bonds is 3. The Bertz CT molecular complexity index is 419. The van der Waals surface area contributed by atoms with Crippen molar-refractivity contribution in [3.8, 4) is 5.75 Å². The Labute approximate surface area is 123 Å². The molecule has 0 heterocycles. The van der Waals surface area contributed by atoms with Gasteiger partial charge in [-0.3, -0.25) is 0 Å². The Hall–Kier alpha value is -0.367. The molecule has 0 amide bonds. The van der Waals surface area contributed by atoms with Gasteiger partial charge in [-0.15, -0.1) is 12.1 Å². The molecule has 0 saturated heterocycles. The third-order valence-electron chi connectivity index (χ3n) is 2.00. The summed E-state index contributed by atoms with van der Waals surface area (Å²) in [6.07, 6.45) is 0. The molecule has 0 unspecified atom stereocenters. The third-order valence-corrected chi connectivity index (χ3v) is 2.25. The van der Waals surface area contributed by atoms with Crippen molar-refractivity contribution in [3.63, 3.8) is 0 Å². The number of hydrogen-bond donors (Lipinski definition) is 0. The summed E-state index contributed by atoms with van der Waals surface area (Å²) in [6, 6.07) is 18.1. The molecule has 0 bridgehead atoms. The van der Waals surface area contributed by atoms with Crippen LogP contribution in [0.25, 0.3) is 0 Å². The zero-order chi connectivity index (χ0) is 12.5. The van der Waals surface area contributed by atoms with E-state index >= 15 is 0 Å². The van der Waals surface area contributed by atoms with Gasteiger partial charge in [0.05, 0.1) is 6.61 Å². The molecule has 4 heteroatoms. The van der Waals surface area contributed by atoms with Gasteiger partial charge < -0.3 is 4.74 Å². The minimum atomic E-state index is 0.551. The molecule has 0 atom stereocenters. The van der Waals surface area contributed by atoms with Gasteiger partial charge in [-0.2, -0.15) is 18.2 Å². The summed E-state index contributed by atoms with van der Waals surface area (Å²) >= 11 is 10.0. The molecule has 0 aliphatic heterocycles. The Morgan fingerprint density at radius 3 is 2.47 bits per heavy atom. The van der Waals surface area contributed by atoms with E-state index in [1.807, 2.05) is 48.5 Å². The Balaban J connectivity index is 0.000000686. The normalized spacial score (nSPS) is 9.18. The van der Waals surface area contributed by atoms with Crippen molar-refractivity contribution < 1.29 is 21.1 Å². The average Bonchev–Trinajstić information content (AvgIpc) is 2.42. The van der Waals surface area contributed by atoms with Gasteiger partial charge >= 0.3 is 30.0 Å². The molecule has 0 aliphatic carbocycles. The number of benzene rings is 2. The van der Waals surface area contributed by atoms with E-state index in [-0.39, 0.29) is 0 Å². The second kappa shape index (κ2) is 8.68. The summed E-state index contributed by atoms with van der Waals surface area (Å²) in [7, 11) is 0. The SMILES string of the molecule is Clc1ccc(COc2c[c-]ccc2)cc1.[Zn+][Br]. The van der Waals surface area contributed by atoms with Crippen LogP contribution in [0.5, 0.6) is 5.75 Å². The zero-order valence-electron chi connectivity index (χ0n) is 9.20. The van der Waals surface area contributed by atoms with Gasteiger partial charge in [-0.25, -0.2) is 0 Å². The van der Waals surface area contributed by atoms with Crippen molar-refractivity contribution in [2.24, 2.45) is 0 Å². The molecule has 2 aromatic carbocycles. The van der Waals surface area contributed by atoms with Gasteiger partial charge in [0.2, 0.25) is 0 Å². The van der Waals surface area contributed by atoms with Crippen LogP contribution in [0.2, 0.25) is 5.02 Å². The van der Waals surface area contributed by atoms with E-state index in [0.717, 1.165) is 16.3 Å². The Kier molecular flexibility index (Phi) is 7.51. The monoisotopic (exact) mass is 360 g/mol. The molecule has 0 saturated carbocycles. The topological polar surface area (TPSA) is 9.23 Å². The maximum absolute atomic E-state index is 5.78. The molecule has 1 nitrogen and oxygen atoms in total. The second-order valence-corrected chi connectivity index (χ2v) is 3.59. The van der Waals surface area contributed by atoms with E-state index in [1.54, 1.807) is 0 Å². The van der Waals surface area contributed by atoms with Crippen LogP contribution in [0.1, 0.15) is 5.56 Å². The van der Waals surface area contributed by atoms with Gasteiger partial charge in [0.1, 0.15) is 0 Å². The van der Waals surface area contributed by atoms with Crippen LogP contribution >= 0.6 is 25.2 Å². The van der Waals surface area contributed by atoms with Gasteiger partial charge in [0.15, 0.2) is 0 Å². The first kappa shape index (κ1) is 14.7. The summed E-state index contributed by atoms with van der Waals surface area (Å²) in [4.78, 5) is 0. The van der Waals surface area contributed by atoms with E-state index in [4.69, 9.17) is 16.3 Å². The van der Waals surface area contributed by atoms with Crippen molar-refractivity contribution in [1.82, 2.24) is 0 Å². The molecule has 2 aromatic rings. The van der Waals surface area contributed by atoms with Crippen LogP contribution in [0.15, 0.2) is 48.5 Å². The van der Waals surface area contributed by atoms with Crippen molar-refractivity contribution in [1.29, 1.82) is 0 Å². The summed E-state index contributed by atoms with van der Waals surface area (Å²) in [5.41, 5.74) is 1.10. The Morgan fingerprint density at radius 2 is 1.88 bits per heavy atom. The van der Waals surface area contributed by atoms with E-state index in [1.165, 1.54) is 16.3 Å². The van der Waals surface area contributed by atoms with Crippen LogP contribution in [-0.4, -0.2) is 0 Å². The molecule has 84 valence electrons. The van der Waals surface area contributed by atoms with Crippen LogP contribution in [0.4, 0.5) is 0 Å². The number of halogens is 2. The molecule has 17 heavy (non-hydrogen) atoms. The molecule has 0 aromatic heterocycles. The van der Waals surface area contributed by atoms with Gasteiger partial charge in [0.25, 0.3) is 0 Å². The first-order valence-electron chi connectivity index (χ1n) is 4.95. The number of ether oxygens (including phenoxy) is 1. The third kappa shape index (κ3) is 5.67. The van der Waals surface area contributed by atoms with Crippen LogP contribution < -0.4 is 4.74 Å². The van der Waals surface area contributed by atoms with Crippen LogP contribution in [0.3, 0.4) is 0 Å². The standard InChI is InChI=1S/C13H10ClO.BrH.Zn/c14-12-8-6-11(7-9-12)10-15-13-4-2-1-3-5-13;;/h1-2,4-9H,10H2;1H;/q-1;;+2/p-1. The van der Waals surface area contributed by atoms with Crippen LogP contribution in [-0.2, 0) is 22.9 Å². The van der Waals surface area contributed by atoms with Gasteiger partial charge in [-0.1, -0.05) is 23.7 Å². The number of hydrogen-bond acceptors (Lipinski definition) is 1. The van der Waals surface area contributed by atoms with Crippen molar-refractivity contribution in [2.75, 3.05) is 0 Å². The molecule has 0 fully saturated rings. The Morgan fingerprint density at radius 1 is 1.18 bits per heavy atom. The van der Waals surface area contributed by atoms with E-state index in [2.05, 4.69) is 19.7 Å². The molecule has 0 aliphatic rings. The summed E-state index contributed by atoms with van der Waals surface area (Å²) in [5.74, 6) is 0.826. The molecule has 0 radical (unpaired) electrons. The second-order valence-electron chi connectivity index (χ2n) is 3.15. The summed E-state index contributed by atoms with van der Waals surface area (Å²) in [6.45, 7) is 0.551. The zero-order valence-corrected chi connectivity index (χ0v) is 14.5. The maximum atomic E-state index is 5.78. The molecule has 2 rings (SSSR count). The molecule has 0 N–H and O–H groups in total. The van der Waals surface area contributed by atoms with Crippen molar-refractivity contribution in [3.05, 3.63) is 65.2 Å². The fraction of sp³-hybridized carbons (Fsp3) is 0.0769. The summed E-state index contributed by atoms with van der Waals surface area (Å²) < 4.78 is 5.56. The predicted molar refractivity (Wildman–Crippen MR) is 70.0 cm³/mol. The first-order valence-corrected chi connectivity index (χ1v) is 12.3. The molecular formula is C13H10BrClOZn. The molecule has 0 spiro atoms. The van der Waals surface area contributed by atoms with Gasteiger partial charge in [-0.05, 0) is 17.7 Å².